The maximum atomic E-state index is 10.8. The van der Waals surface area contributed by atoms with Gasteiger partial charge in [-0.15, -0.1) is 0 Å². The van der Waals surface area contributed by atoms with E-state index in [0.717, 1.165) is 0 Å². The first-order chi connectivity index (χ1) is 6.29. The molecule has 0 saturated heterocycles. The third kappa shape index (κ3) is 1.46. The van der Waals surface area contributed by atoms with E-state index in [2.05, 4.69) is 4.98 Å². The minimum absolute atomic E-state index is 0.297. The first-order valence-electron chi connectivity index (χ1n) is 3.72. The molecule has 0 fully saturated rings. The fourth-order valence-corrected chi connectivity index (χ4v) is 1.74. The van der Waals surface area contributed by atoms with Crippen LogP contribution in [-0.4, -0.2) is 13.7 Å². The van der Waals surface area contributed by atoms with Crippen LogP contribution in [0.25, 0.3) is 10.9 Å². The van der Waals surface area contributed by atoms with Crippen LogP contribution < -0.4 is 0 Å². The summed E-state index contributed by atoms with van der Waals surface area (Å²) < 4.78 is 21.6. The molecule has 0 aliphatic carbocycles. The van der Waals surface area contributed by atoms with Crippen LogP contribution in [0.15, 0.2) is 41.4 Å². The Bertz CT molecular complexity index is 465. The molecular formula is C9H6NO2S-. The summed E-state index contributed by atoms with van der Waals surface area (Å²) in [5, 5.41) is 0.665. The lowest BCUT2D eigenvalue weighted by atomic mass is 10.2. The molecule has 0 bridgehead atoms. The van der Waals surface area contributed by atoms with Gasteiger partial charge in [0.15, 0.2) is 0 Å². The topological polar surface area (TPSA) is 53.0 Å². The van der Waals surface area contributed by atoms with Crippen molar-refractivity contribution in [1.82, 2.24) is 4.98 Å². The predicted molar refractivity (Wildman–Crippen MR) is 48.9 cm³/mol. The van der Waals surface area contributed by atoms with Crippen LogP contribution in [0.5, 0.6) is 0 Å². The largest absolute Gasteiger partial charge is 0.768 e. The number of hydrogen-bond donors (Lipinski definition) is 0. The molecule has 66 valence electrons. The summed E-state index contributed by atoms with van der Waals surface area (Å²) in [6, 6.07) is 8.64. The second-order valence-corrected chi connectivity index (χ2v) is 3.47. The molecule has 1 unspecified atom stereocenters. The predicted octanol–water partition coefficient (Wildman–Crippen LogP) is 1.47. The second kappa shape index (κ2) is 3.24. The molecule has 1 aromatic heterocycles. The summed E-state index contributed by atoms with van der Waals surface area (Å²) in [7, 11) is 0. The zero-order valence-electron chi connectivity index (χ0n) is 6.64. The van der Waals surface area contributed by atoms with Gasteiger partial charge in [-0.2, -0.15) is 0 Å². The highest BCUT2D eigenvalue weighted by molar-refractivity contribution is 7.79. The highest BCUT2D eigenvalue weighted by Crippen LogP contribution is 2.17. The molecule has 3 nitrogen and oxygen atoms in total. The Morgan fingerprint density at radius 3 is 2.77 bits per heavy atom. The summed E-state index contributed by atoms with van der Waals surface area (Å²) >= 11 is -2.19. The first-order valence-corrected chi connectivity index (χ1v) is 4.79. The second-order valence-electron chi connectivity index (χ2n) is 2.56. The molecule has 0 radical (unpaired) electrons. The summed E-state index contributed by atoms with van der Waals surface area (Å²) in [4.78, 5) is 4.35. The molecule has 2 rings (SSSR count). The van der Waals surface area contributed by atoms with E-state index >= 15 is 0 Å². The molecule has 2 aromatic rings. The number of hydrogen-bond acceptors (Lipinski definition) is 3. The monoisotopic (exact) mass is 192 g/mol. The van der Waals surface area contributed by atoms with Crippen molar-refractivity contribution in [3.63, 3.8) is 0 Å². The Hall–Kier alpha value is -1.26. The number of benzene rings is 1. The lowest BCUT2D eigenvalue weighted by Gasteiger charge is -2.07. The summed E-state index contributed by atoms with van der Waals surface area (Å²) in [5.74, 6) is 0. The van der Waals surface area contributed by atoms with E-state index in [1.807, 2.05) is 6.07 Å². The third-order valence-corrected chi connectivity index (χ3v) is 2.50. The third-order valence-electron chi connectivity index (χ3n) is 1.79. The zero-order valence-corrected chi connectivity index (χ0v) is 7.45. The number of pyridine rings is 1. The van der Waals surface area contributed by atoms with Crippen molar-refractivity contribution in [2.24, 2.45) is 0 Å². The molecule has 1 heterocycles. The average Bonchev–Trinajstić information content (AvgIpc) is 2.17. The van der Waals surface area contributed by atoms with Gasteiger partial charge in [0.1, 0.15) is 0 Å². The van der Waals surface area contributed by atoms with Crippen molar-refractivity contribution in [2.75, 3.05) is 0 Å². The van der Waals surface area contributed by atoms with Gasteiger partial charge < -0.3 is 4.55 Å². The Morgan fingerprint density at radius 2 is 2.00 bits per heavy atom. The molecular weight excluding hydrogens is 186 g/mol. The van der Waals surface area contributed by atoms with E-state index in [-0.39, 0.29) is 0 Å². The first kappa shape index (κ1) is 8.34. The number of aromatic nitrogens is 1. The van der Waals surface area contributed by atoms with Gasteiger partial charge in [0.05, 0.1) is 5.52 Å². The molecule has 0 N–H and O–H groups in total. The van der Waals surface area contributed by atoms with Gasteiger partial charge in [0, 0.05) is 16.5 Å². The molecule has 0 aliphatic rings. The van der Waals surface area contributed by atoms with E-state index in [0.29, 0.717) is 15.8 Å². The summed E-state index contributed by atoms with van der Waals surface area (Å²) in [6.45, 7) is 0. The van der Waals surface area contributed by atoms with Gasteiger partial charge >= 0.3 is 0 Å². The molecule has 1 aromatic carbocycles. The Balaban J connectivity index is 2.83. The van der Waals surface area contributed by atoms with Crippen LogP contribution in [0.1, 0.15) is 0 Å². The van der Waals surface area contributed by atoms with Crippen molar-refractivity contribution in [1.29, 1.82) is 0 Å². The Kier molecular flexibility index (Phi) is 2.08. The maximum absolute atomic E-state index is 10.8. The van der Waals surface area contributed by atoms with Crippen LogP contribution in [0.4, 0.5) is 0 Å². The van der Waals surface area contributed by atoms with Crippen molar-refractivity contribution in [2.45, 2.75) is 4.90 Å². The Labute approximate surface area is 77.7 Å². The molecule has 1 atom stereocenters. The lowest BCUT2D eigenvalue weighted by molar-refractivity contribution is 0.538. The van der Waals surface area contributed by atoms with Crippen molar-refractivity contribution in [3.8, 4) is 0 Å². The van der Waals surface area contributed by atoms with Gasteiger partial charge in [-0.3, -0.25) is 9.19 Å². The van der Waals surface area contributed by atoms with Gasteiger partial charge in [-0.05, 0) is 23.2 Å². The minimum Gasteiger partial charge on any atom is -0.768 e. The smallest absolute Gasteiger partial charge is 0.0713 e. The van der Waals surface area contributed by atoms with Crippen LogP contribution in [0.3, 0.4) is 0 Å². The minimum atomic E-state index is -2.19. The molecule has 13 heavy (non-hydrogen) atoms. The molecule has 0 amide bonds. The molecule has 0 aliphatic heterocycles. The maximum Gasteiger partial charge on any atom is 0.0713 e. The highest BCUT2D eigenvalue weighted by Gasteiger charge is 1.99. The van der Waals surface area contributed by atoms with E-state index < -0.39 is 11.1 Å². The summed E-state index contributed by atoms with van der Waals surface area (Å²) in [5.41, 5.74) is 0.698. The number of para-hydroxylation sites is 1. The van der Waals surface area contributed by atoms with Crippen molar-refractivity contribution >= 4 is 22.0 Å². The van der Waals surface area contributed by atoms with Crippen LogP contribution >= 0.6 is 0 Å². The zero-order chi connectivity index (χ0) is 9.26. The standard InChI is InChI=1S/C9H7NO2S/c11-13(12)9-5-6-10-8-4-2-1-3-7(8)9/h1-6H,(H,11,12)/p-1. The van der Waals surface area contributed by atoms with Crippen molar-refractivity contribution in [3.05, 3.63) is 36.5 Å². The molecule has 0 saturated carbocycles. The van der Waals surface area contributed by atoms with Crippen LogP contribution in [0.2, 0.25) is 0 Å². The normalized spacial score (nSPS) is 13.0. The number of fused-ring (bicyclic) bond motifs is 1. The van der Waals surface area contributed by atoms with Gasteiger partial charge in [-0.1, -0.05) is 18.2 Å². The fraction of sp³-hybridized carbons (Fsp3) is 0. The molecule has 4 heteroatoms. The van der Waals surface area contributed by atoms with Crippen LogP contribution in [-0.2, 0) is 11.1 Å². The van der Waals surface area contributed by atoms with E-state index in [1.165, 1.54) is 12.3 Å². The van der Waals surface area contributed by atoms with Gasteiger partial charge in [0.25, 0.3) is 0 Å². The van der Waals surface area contributed by atoms with Crippen LogP contribution in [0, 0.1) is 0 Å². The lowest BCUT2D eigenvalue weighted by Crippen LogP contribution is -1.91. The number of rotatable bonds is 1. The Morgan fingerprint density at radius 1 is 1.23 bits per heavy atom. The fourth-order valence-electron chi connectivity index (χ4n) is 1.21. The SMILES string of the molecule is O=S([O-])c1ccnc2ccccc12. The van der Waals surface area contributed by atoms with Gasteiger partial charge in [-0.25, -0.2) is 0 Å². The average molecular weight is 192 g/mol. The highest BCUT2D eigenvalue weighted by atomic mass is 32.2. The molecule has 0 spiro atoms. The van der Waals surface area contributed by atoms with E-state index in [4.69, 9.17) is 0 Å². The van der Waals surface area contributed by atoms with E-state index in [9.17, 15) is 8.76 Å². The van der Waals surface area contributed by atoms with Gasteiger partial charge in [0.2, 0.25) is 0 Å². The quantitative estimate of drug-likeness (QED) is 0.643. The van der Waals surface area contributed by atoms with E-state index in [1.54, 1.807) is 18.2 Å². The number of nitrogens with zero attached hydrogens (tertiary/aromatic N) is 1. The summed E-state index contributed by atoms with van der Waals surface area (Å²) in [6.07, 6.45) is 1.49. The van der Waals surface area contributed by atoms with Crippen molar-refractivity contribution < 1.29 is 8.76 Å².